The van der Waals surface area contributed by atoms with Gasteiger partial charge in [-0.25, -0.2) is 19.2 Å². The maximum absolute atomic E-state index is 13.9. The van der Waals surface area contributed by atoms with Gasteiger partial charge in [-0.15, -0.1) is 0 Å². The summed E-state index contributed by atoms with van der Waals surface area (Å²) >= 11 is 0. The molecule has 0 saturated carbocycles. The molecule has 0 saturated heterocycles. The van der Waals surface area contributed by atoms with Crippen LogP contribution in [0.1, 0.15) is 72.5 Å². The molecule has 350 valence electrons. The van der Waals surface area contributed by atoms with Crippen molar-refractivity contribution in [3.05, 3.63) is 137 Å². The molecular formula is C47H40N4O17. The molecule has 21 heteroatoms. The summed E-state index contributed by atoms with van der Waals surface area (Å²) in [5.74, 6) is -1.11. The summed E-state index contributed by atoms with van der Waals surface area (Å²) in [6, 6.07) is 16.0. The summed E-state index contributed by atoms with van der Waals surface area (Å²) in [5.41, 5.74) is 0.804. The van der Waals surface area contributed by atoms with Crippen molar-refractivity contribution in [3.8, 4) is 34.5 Å². The number of anilines is 2. The molecule has 1 N–H and O–H groups in total. The average Bonchev–Trinajstić information content (AvgIpc) is 3.63. The van der Waals surface area contributed by atoms with Gasteiger partial charge in [-0.2, -0.15) is 0 Å². The second-order valence-corrected chi connectivity index (χ2v) is 16.0. The number of nitro benzene ring substituents is 2. The molecule has 0 aliphatic carbocycles. The van der Waals surface area contributed by atoms with Crippen LogP contribution >= 0.6 is 0 Å². The number of rotatable bonds is 11. The summed E-state index contributed by atoms with van der Waals surface area (Å²) < 4.78 is 45.5. The SMILES string of the molecule is COc1cc(COC(=O)N2CCCc3cc4c(cc32)Oc2cc3c(cc2C42OC(=O)c4cc(C(=O)O)ccc42)CCCN3C(=O)OCc2cc(OC)c(OC)cc2[N+](=O)[O-])c([N+](=O)[O-])cc1OC. The van der Waals surface area contributed by atoms with Gasteiger partial charge in [-0.05, 0) is 73.2 Å². The number of amides is 2. The number of aromatic carboxylic acids is 1. The number of aryl methyl sites for hydroxylation is 2. The van der Waals surface area contributed by atoms with Crippen molar-refractivity contribution in [2.24, 2.45) is 0 Å². The highest BCUT2D eigenvalue weighted by Crippen LogP contribution is 2.59. The van der Waals surface area contributed by atoms with Crippen molar-refractivity contribution in [2.45, 2.75) is 44.5 Å². The topological polar surface area (TPSA) is 255 Å². The van der Waals surface area contributed by atoms with Crippen LogP contribution in [0.25, 0.3) is 0 Å². The average molecular weight is 933 g/mol. The van der Waals surface area contributed by atoms with Gasteiger partial charge in [0.15, 0.2) is 28.6 Å². The van der Waals surface area contributed by atoms with Crippen LogP contribution in [0.3, 0.4) is 0 Å². The van der Waals surface area contributed by atoms with Crippen molar-refractivity contribution >= 4 is 46.9 Å². The number of benzene rings is 5. The summed E-state index contributed by atoms with van der Waals surface area (Å²) in [4.78, 5) is 79.4. The van der Waals surface area contributed by atoms with E-state index in [0.717, 1.165) is 0 Å². The fourth-order valence-corrected chi connectivity index (χ4v) is 9.22. The number of fused-ring (bicyclic) bond motifs is 8. The van der Waals surface area contributed by atoms with Gasteiger partial charge < -0.3 is 43.0 Å². The Balaban J connectivity index is 1.10. The minimum absolute atomic E-state index is 0.0167. The van der Waals surface area contributed by atoms with Crippen LogP contribution in [0.5, 0.6) is 34.5 Å². The van der Waals surface area contributed by atoms with E-state index < -0.39 is 52.8 Å². The zero-order valence-corrected chi connectivity index (χ0v) is 36.8. The van der Waals surface area contributed by atoms with Crippen molar-refractivity contribution in [3.63, 3.8) is 0 Å². The lowest BCUT2D eigenvalue weighted by Crippen LogP contribution is -2.38. The molecule has 0 unspecified atom stereocenters. The van der Waals surface area contributed by atoms with Gasteiger partial charge >= 0.3 is 24.1 Å². The Labute approximate surface area is 385 Å². The van der Waals surface area contributed by atoms with E-state index in [0.29, 0.717) is 64.9 Å². The lowest BCUT2D eigenvalue weighted by Gasteiger charge is -2.40. The summed E-state index contributed by atoms with van der Waals surface area (Å²) in [6.07, 6.45) is 0.284. The van der Waals surface area contributed by atoms with Gasteiger partial charge in [0.25, 0.3) is 11.4 Å². The van der Waals surface area contributed by atoms with Crippen molar-refractivity contribution in [2.75, 3.05) is 51.3 Å². The first-order valence-electron chi connectivity index (χ1n) is 21.0. The molecule has 4 aliphatic heterocycles. The number of carbonyl (C=O) groups excluding carboxylic acids is 3. The zero-order chi connectivity index (χ0) is 48.2. The Morgan fingerprint density at radius 3 is 1.54 bits per heavy atom. The second kappa shape index (κ2) is 17.3. The highest BCUT2D eigenvalue weighted by Gasteiger charge is 2.55. The Bertz CT molecular complexity index is 2850. The second-order valence-electron chi connectivity index (χ2n) is 16.0. The standard InChI is InChI=1S/C47H40N4O17/c1-61-39-16-27(35(50(57)58)20-41(39)63-3)22-65-45(55)48-11-5-7-24-14-31-37(18-33(24)48)67-38-19-34-25(15-32(38)47(31)30-10-9-26(43(52)53)13-29(30)44(54)68-47)8-6-12-49(34)46(56)66-23-28-17-40(62-2)42(64-4)21-36(28)51(59)60/h9-10,13-21H,5-8,11-12,22-23H2,1-4H3,(H,52,53). The molecule has 21 nitrogen and oxygen atoms in total. The number of ether oxygens (including phenoxy) is 8. The number of carboxylic acid groups (broad SMARTS) is 1. The van der Waals surface area contributed by atoms with Crippen LogP contribution < -0.4 is 33.5 Å². The molecule has 5 aromatic carbocycles. The first-order valence-corrected chi connectivity index (χ1v) is 21.0. The predicted molar refractivity (Wildman–Crippen MR) is 236 cm³/mol. The molecule has 2 amide bonds. The summed E-state index contributed by atoms with van der Waals surface area (Å²) in [5, 5.41) is 33.8. The monoisotopic (exact) mass is 932 g/mol. The minimum atomic E-state index is -1.69. The van der Waals surface area contributed by atoms with E-state index in [9.17, 15) is 44.5 Å². The van der Waals surface area contributed by atoms with Gasteiger partial charge in [0, 0.05) is 41.9 Å². The lowest BCUT2D eigenvalue weighted by atomic mass is 9.75. The molecular weight excluding hydrogens is 893 g/mol. The summed E-state index contributed by atoms with van der Waals surface area (Å²) in [7, 11) is 5.41. The van der Waals surface area contributed by atoms with E-state index in [4.69, 9.17) is 37.9 Å². The van der Waals surface area contributed by atoms with Crippen LogP contribution in [0.4, 0.5) is 32.3 Å². The molecule has 0 fully saturated rings. The van der Waals surface area contributed by atoms with E-state index in [-0.39, 0.29) is 81.2 Å². The van der Waals surface area contributed by atoms with Gasteiger partial charge in [-0.3, -0.25) is 30.0 Å². The van der Waals surface area contributed by atoms with Crippen LogP contribution in [0.2, 0.25) is 0 Å². The Hall–Kier alpha value is -8.62. The summed E-state index contributed by atoms with van der Waals surface area (Å²) in [6.45, 7) is -0.570. The Kier molecular flexibility index (Phi) is 11.3. The van der Waals surface area contributed by atoms with Crippen LogP contribution in [-0.2, 0) is 45.9 Å². The van der Waals surface area contributed by atoms with Gasteiger partial charge in [0.1, 0.15) is 24.7 Å². The molecule has 4 aliphatic rings. The quantitative estimate of drug-likeness (QED) is 0.0570. The number of esters is 1. The smallest absolute Gasteiger partial charge is 0.414 e. The van der Waals surface area contributed by atoms with E-state index in [1.54, 1.807) is 24.3 Å². The maximum atomic E-state index is 13.9. The lowest BCUT2D eigenvalue weighted by molar-refractivity contribution is -0.386. The molecule has 1 spiro atoms. The Morgan fingerprint density at radius 1 is 0.662 bits per heavy atom. The molecule has 0 bridgehead atoms. The molecule has 0 aromatic heterocycles. The first kappa shape index (κ1) is 44.6. The van der Waals surface area contributed by atoms with Gasteiger partial charge in [-0.1, -0.05) is 6.07 Å². The highest BCUT2D eigenvalue weighted by molar-refractivity contribution is 6.00. The van der Waals surface area contributed by atoms with Crippen LogP contribution in [0.15, 0.2) is 66.7 Å². The number of hydrogen-bond donors (Lipinski definition) is 1. The number of methoxy groups -OCH3 is 4. The van der Waals surface area contributed by atoms with Gasteiger partial charge in [0.2, 0.25) is 0 Å². The largest absolute Gasteiger partial charge is 0.493 e. The third-order valence-corrected chi connectivity index (χ3v) is 12.4. The zero-order valence-electron chi connectivity index (χ0n) is 36.8. The molecule has 0 atom stereocenters. The van der Waals surface area contributed by atoms with E-state index in [1.165, 1.54) is 80.7 Å². The predicted octanol–water partition coefficient (Wildman–Crippen LogP) is 7.98. The van der Waals surface area contributed by atoms with Crippen molar-refractivity contribution in [1.82, 2.24) is 0 Å². The van der Waals surface area contributed by atoms with Gasteiger partial charge in [0.05, 0.1) is 84.0 Å². The normalized spacial score (nSPS) is 14.7. The molecule has 9 rings (SSSR count). The molecule has 0 radical (unpaired) electrons. The fourth-order valence-electron chi connectivity index (χ4n) is 9.22. The number of nitrogens with zero attached hydrogens (tertiary/aromatic N) is 4. The van der Waals surface area contributed by atoms with Crippen LogP contribution in [0, 0.1) is 20.2 Å². The highest BCUT2D eigenvalue weighted by atomic mass is 16.6. The maximum Gasteiger partial charge on any atom is 0.414 e. The number of carboxylic acids is 1. The third-order valence-electron chi connectivity index (χ3n) is 12.4. The molecule has 5 aromatic rings. The van der Waals surface area contributed by atoms with E-state index >= 15 is 0 Å². The number of hydrogen-bond acceptors (Lipinski definition) is 16. The van der Waals surface area contributed by atoms with Crippen molar-refractivity contribution in [1.29, 1.82) is 0 Å². The first-order chi connectivity index (χ1) is 32.7. The fraction of sp³-hybridized carbons (Fsp3) is 0.277. The third kappa shape index (κ3) is 7.36. The Morgan fingerprint density at radius 2 is 1.12 bits per heavy atom. The van der Waals surface area contributed by atoms with E-state index in [1.807, 2.05) is 0 Å². The minimum Gasteiger partial charge on any atom is -0.493 e. The van der Waals surface area contributed by atoms with E-state index in [2.05, 4.69) is 0 Å². The number of carbonyl (C=O) groups is 4. The van der Waals surface area contributed by atoms with Crippen molar-refractivity contribution < 1.29 is 72.0 Å². The molecule has 68 heavy (non-hydrogen) atoms. The number of nitro groups is 2. The molecule has 4 heterocycles. The van der Waals surface area contributed by atoms with Crippen LogP contribution in [-0.4, -0.2) is 80.6 Å².